The average Bonchev–Trinajstić information content (AvgIpc) is 3.20. The smallest absolute Gasteiger partial charge is 0.229 e. The molecule has 0 saturated heterocycles. The third-order valence-electron chi connectivity index (χ3n) is 5.01. The van der Waals surface area contributed by atoms with Gasteiger partial charge >= 0.3 is 0 Å². The van der Waals surface area contributed by atoms with E-state index in [4.69, 9.17) is 5.11 Å². The molecule has 2 amide bonds. The molecule has 0 unspecified atom stereocenters. The molecule has 0 fully saturated rings. The molecular weight excluding hydrogens is 370 g/mol. The van der Waals surface area contributed by atoms with Crippen LogP contribution in [0.3, 0.4) is 0 Å². The van der Waals surface area contributed by atoms with Crippen molar-refractivity contribution >= 4 is 28.9 Å². The number of aliphatic hydroxyl groups excluding tert-OH is 1. The van der Waals surface area contributed by atoms with E-state index < -0.39 is 0 Å². The molecule has 4 rings (SSSR count). The molecule has 2 aromatic rings. The molecule has 0 bridgehead atoms. The number of nitrogens with zero attached hydrogens (tertiary/aromatic N) is 1. The molecule has 2 heterocycles. The minimum absolute atomic E-state index is 0.0384. The molecular formula is C21H23N5O3. The summed E-state index contributed by atoms with van der Waals surface area (Å²) in [5.74, 6) is -0.347. The lowest BCUT2D eigenvalue weighted by molar-refractivity contribution is -0.122. The predicted octanol–water partition coefficient (Wildman–Crippen LogP) is 0.860. The molecule has 0 radical (unpaired) electrons. The second-order valence-electron chi connectivity index (χ2n) is 6.85. The minimum atomic E-state index is -0.263. The number of nitrogens with one attached hydrogen (secondary N) is 4. The van der Waals surface area contributed by atoms with E-state index in [-0.39, 0.29) is 37.8 Å². The van der Waals surface area contributed by atoms with Crippen LogP contribution >= 0.6 is 0 Å². The van der Waals surface area contributed by atoms with Crippen molar-refractivity contribution in [3.63, 3.8) is 0 Å². The molecule has 8 heteroatoms. The first-order chi connectivity index (χ1) is 14.2. The largest absolute Gasteiger partial charge is 0.396 e. The number of hydrogen-bond donors (Lipinski definition) is 5. The number of hydrazine groups is 2. The first kappa shape index (κ1) is 19.0. The highest BCUT2D eigenvalue weighted by Crippen LogP contribution is 2.36. The van der Waals surface area contributed by atoms with Crippen LogP contribution in [0.1, 0.15) is 29.5 Å². The van der Waals surface area contributed by atoms with Crippen molar-refractivity contribution in [1.29, 1.82) is 0 Å². The highest BCUT2D eigenvalue weighted by atomic mass is 16.3. The van der Waals surface area contributed by atoms with Gasteiger partial charge in [-0.25, -0.2) is 0 Å². The van der Waals surface area contributed by atoms with Crippen LogP contribution in [0, 0.1) is 0 Å². The summed E-state index contributed by atoms with van der Waals surface area (Å²) < 4.78 is 0. The molecule has 2 aromatic carbocycles. The maximum Gasteiger partial charge on any atom is 0.229 e. The number of rotatable bonds is 5. The topological polar surface area (TPSA) is 106 Å². The van der Waals surface area contributed by atoms with Crippen LogP contribution in [0.25, 0.3) is 11.4 Å². The number of amides is 2. The lowest BCUT2D eigenvalue weighted by Crippen LogP contribution is -2.35. The molecule has 2 aliphatic heterocycles. The molecule has 0 spiro atoms. The van der Waals surface area contributed by atoms with Crippen molar-refractivity contribution in [3.8, 4) is 0 Å². The van der Waals surface area contributed by atoms with Crippen LogP contribution < -0.4 is 26.6 Å². The number of benzene rings is 2. The lowest BCUT2D eigenvalue weighted by Gasteiger charge is -2.29. The van der Waals surface area contributed by atoms with Gasteiger partial charge in [0.2, 0.25) is 11.8 Å². The van der Waals surface area contributed by atoms with Crippen LogP contribution in [-0.4, -0.2) is 30.1 Å². The fourth-order valence-corrected chi connectivity index (χ4v) is 3.62. The molecule has 150 valence electrons. The Kier molecular flexibility index (Phi) is 5.46. The Hall–Kier alpha value is -3.36. The Bertz CT molecular complexity index is 972. The molecule has 0 aliphatic carbocycles. The zero-order valence-corrected chi connectivity index (χ0v) is 15.9. The second-order valence-corrected chi connectivity index (χ2v) is 6.85. The summed E-state index contributed by atoms with van der Waals surface area (Å²) in [7, 11) is 0. The molecule has 2 aliphatic rings. The van der Waals surface area contributed by atoms with E-state index in [1.807, 2.05) is 48.5 Å². The highest BCUT2D eigenvalue weighted by Gasteiger charge is 2.28. The van der Waals surface area contributed by atoms with Crippen LogP contribution in [0.15, 0.2) is 48.5 Å². The molecule has 8 nitrogen and oxygen atoms in total. The zero-order chi connectivity index (χ0) is 20.2. The Balaban J connectivity index is 1.67. The van der Waals surface area contributed by atoms with Gasteiger partial charge in [0, 0.05) is 30.5 Å². The summed E-state index contributed by atoms with van der Waals surface area (Å²) in [5, 5.41) is 11.5. The van der Waals surface area contributed by atoms with E-state index >= 15 is 0 Å². The van der Waals surface area contributed by atoms with Gasteiger partial charge in [-0.1, -0.05) is 42.5 Å². The van der Waals surface area contributed by atoms with Crippen LogP contribution in [0.5, 0.6) is 0 Å². The third kappa shape index (κ3) is 3.80. The number of carbonyl (C=O) groups is 2. The maximum absolute atomic E-state index is 13.1. The second kappa shape index (κ2) is 8.34. The summed E-state index contributed by atoms with van der Waals surface area (Å²) in [5.41, 5.74) is 14.9. The van der Waals surface area contributed by atoms with E-state index in [0.717, 1.165) is 33.8 Å². The standard InChI is InChI=1S/C21H23N5O3/c27-12-10-18(28)22-11-9-19(29)26-13-14-5-1-2-6-15(14)20-21(24-25-23-20)16-7-3-4-8-17(16)26/h1-8,23-25,27H,9-13H2,(H,22,28). The van der Waals surface area contributed by atoms with Crippen molar-refractivity contribution in [3.05, 3.63) is 65.2 Å². The summed E-state index contributed by atoms with van der Waals surface area (Å²) in [6.07, 6.45) is 0.209. The first-order valence-electron chi connectivity index (χ1n) is 9.56. The monoisotopic (exact) mass is 393 g/mol. The van der Waals surface area contributed by atoms with Gasteiger partial charge in [-0.15, -0.1) is 5.53 Å². The van der Waals surface area contributed by atoms with Gasteiger partial charge < -0.3 is 26.2 Å². The van der Waals surface area contributed by atoms with Crippen molar-refractivity contribution in [2.45, 2.75) is 19.4 Å². The van der Waals surface area contributed by atoms with Crippen molar-refractivity contribution < 1.29 is 14.7 Å². The molecule has 29 heavy (non-hydrogen) atoms. The summed E-state index contributed by atoms with van der Waals surface area (Å²) >= 11 is 0. The zero-order valence-electron chi connectivity index (χ0n) is 15.9. The highest BCUT2D eigenvalue weighted by molar-refractivity contribution is 6.02. The Morgan fingerprint density at radius 2 is 1.66 bits per heavy atom. The van der Waals surface area contributed by atoms with Gasteiger partial charge in [-0.3, -0.25) is 9.59 Å². The minimum Gasteiger partial charge on any atom is -0.396 e. The first-order valence-corrected chi connectivity index (χ1v) is 9.56. The fraction of sp³-hybridized carbons (Fsp3) is 0.238. The number of fused-ring (bicyclic) bond motifs is 4. The normalized spacial score (nSPS) is 14.6. The number of anilines is 1. The summed E-state index contributed by atoms with van der Waals surface area (Å²) in [6.45, 7) is 0.449. The summed E-state index contributed by atoms with van der Waals surface area (Å²) in [6, 6.07) is 15.7. The summed E-state index contributed by atoms with van der Waals surface area (Å²) in [4.78, 5) is 26.4. The van der Waals surface area contributed by atoms with Gasteiger partial charge in [0.1, 0.15) is 0 Å². The van der Waals surface area contributed by atoms with Crippen LogP contribution in [0.2, 0.25) is 0 Å². The van der Waals surface area contributed by atoms with E-state index in [9.17, 15) is 9.59 Å². The van der Waals surface area contributed by atoms with E-state index in [1.165, 1.54) is 0 Å². The van der Waals surface area contributed by atoms with E-state index in [1.54, 1.807) is 4.90 Å². The van der Waals surface area contributed by atoms with Gasteiger partial charge in [0.05, 0.1) is 30.2 Å². The Morgan fingerprint density at radius 3 is 2.45 bits per heavy atom. The van der Waals surface area contributed by atoms with Gasteiger partial charge in [-0.05, 0) is 11.6 Å². The molecule has 5 N–H and O–H groups in total. The van der Waals surface area contributed by atoms with Crippen LogP contribution in [-0.2, 0) is 16.1 Å². The molecule has 0 aromatic heterocycles. The number of hydrogen-bond acceptors (Lipinski definition) is 6. The fourth-order valence-electron chi connectivity index (χ4n) is 3.62. The SMILES string of the molecule is O=C(CCO)NCCC(=O)N1Cc2ccccc2C2=C(NNN2)c2ccccc21. The van der Waals surface area contributed by atoms with Gasteiger partial charge in [-0.2, -0.15) is 0 Å². The predicted molar refractivity (Wildman–Crippen MR) is 110 cm³/mol. The third-order valence-corrected chi connectivity index (χ3v) is 5.01. The van der Waals surface area contributed by atoms with Crippen molar-refractivity contribution in [2.75, 3.05) is 18.1 Å². The van der Waals surface area contributed by atoms with Gasteiger partial charge in [0.15, 0.2) is 0 Å². The molecule has 0 atom stereocenters. The number of para-hydroxylation sites is 1. The van der Waals surface area contributed by atoms with Crippen LogP contribution in [0.4, 0.5) is 5.69 Å². The van der Waals surface area contributed by atoms with Crippen molar-refractivity contribution in [1.82, 2.24) is 21.7 Å². The Labute approximate surface area is 168 Å². The van der Waals surface area contributed by atoms with Crippen molar-refractivity contribution in [2.24, 2.45) is 0 Å². The maximum atomic E-state index is 13.1. The number of aliphatic hydroxyl groups is 1. The average molecular weight is 393 g/mol. The van der Waals surface area contributed by atoms with E-state index in [0.29, 0.717) is 6.54 Å². The van der Waals surface area contributed by atoms with E-state index in [2.05, 4.69) is 21.7 Å². The molecule has 0 saturated carbocycles. The quantitative estimate of drug-likeness (QED) is 0.516. The number of carbonyl (C=O) groups excluding carboxylic acids is 2. The van der Waals surface area contributed by atoms with Gasteiger partial charge in [0.25, 0.3) is 0 Å². The Morgan fingerprint density at radius 1 is 0.966 bits per heavy atom. The lowest BCUT2D eigenvalue weighted by atomic mass is 9.96.